The molecule has 7 nitrogen and oxygen atoms in total. The third kappa shape index (κ3) is 4.67. The summed E-state index contributed by atoms with van der Waals surface area (Å²) in [5.74, 6) is -1.21. The first kappa shape index (κ1) is 18.9. The zero-order valence-electron chi connectivity index (χ0n) is 13.5. The van der Waals surface area contributed by atoms with Gasteiger partial charge >= 0.3 is 5.97 Å². The minimum absolute atomic E-state index is 0.0445. The Kier molecular flexibility index (Phi) is 6.37. The summed E-state index contributed by atoms with van der Waals surface area (Å²) in [4.78, 5) is 23.2. The van der Waals surface area contributed by atoms with Gasteiger partial charge in [0.05, 0.1) is 11.2 Å². The molecule has 0 saturated carbocycles. The minimum Gasteiger partial charge on any atom is -0.481 e. The smallest absolute Gasteiger partial charge is 0.309 e. The van der Waals surface area contributed by atoms with E-state index in [0.717, 1.165) is 0 Å². The van der Waals surface area contributed by atoms with Crippen molar-refractivity contribution in [3.05, 3.63) is 0 Å². The maximum absolute atomic E-state index is 12.2. The zero-order valence-corrected chi connectivity index (χ0v) is 14.3. The maximum atomic E-state index is 12.2. The van der Waals surface area contributed by atoms with E-state index < -0.39 is 27.4 Å². The van der Waals surface area contributed by atoms with E-state index in [2.05, 4.69) is 5.32 Å². The van der Waals surface area contributed by atoms with Crippen LogP contribution in [0.2, 0.25) is 0 Å². The van der Waals surface area contributed by atoms with Crippen LogP contribution in [0.3, 0.4) is 0 Å². The highest BCUT2D eigenvalue weighted by Crippen LogP contribution is 2.23. The van der Waals surface area contributed by atoms with Gasteiger partial charge in [0.15, 0.2) is 0 Å². The topological polar surface area (TPSA) is 104 Å². The second-order valence-electron chi connectivity index (χ2n) is 6.31. The summed E-state index contributed by atoms with van der Waals surface area (Å²) in [6, 6.07) is -0.663. The first-order valence-corrected chi connectivity index (χ1v) is 9.23. The molecule has 1 atom stereocenters. The third-order valence-corrected chi connectivity index (χ3v) is 6.03. The largest absolute Gasteiger partial charge is 0.481 e. The average Bonchev–Trinajstić information content (AvgIpc) is 2.88. The van der Waals surface area contributed by atoms with Crippen LogP contribution in [0.4, 0.5) is 0 Å². The van der Waals surface area contributed by atoms with Crippen molar-refractivity contribution in [2.75, 3.05) is 18.8 Å². The SMILES string of the molecule is CCCS(=O)(=O)N1CCCC1C(=O)NCCC(C)(C)C(=O)O. The number of amides is 1. The molecule has 1 unspecified atom stereocenters. The molecule has 128 valence electrons. The van der Waals surface area contributed by atoms with Crippen LogP contribution in [-0.4, -0.2) is 54.6 Å². The Morgan fingerprint density at radius 3 is 2.55 bits per heavy atom. The summed E-state index contributed by atoms with van der Waals surface area (Å²) in [5.41, 5.74) is -0.920. The van der Waals surface area contributed by atoms with Crippen LogP contribution in [0.5, 0.6) is 0 Å². The van der Waals surface area contributed by atoms with Gasteiger partial charge in [0.2, 0.25) is 15.9 Å². The van der Waals surface area contributed by atoms with Crippen LogP contribution in [-0.2, 0) is 19.6 Å². The fourth-order valence-electron chi connectivity index (χ4n) is 2.43. The number of nitrogens with zero attached hydrogens (tertiary/aromatic N) is 1. The zero-order chi connectivity index (χ0) is 17.0. The second-order valence-corrected chi connectivity index (χ2v) is 8.36. The van der Waals surface area contributed by atoms with Gasteiger partial charge in [-0.25, -0.2) is 8.42 Å². The van der Waals surface area contributed by atoms with Gasteiger partial charge in [-0.05, 0) is 39.5 Å². The standard InChI is InChI=1S/C14H26N2O5S/c1-4-10-22(20,21)16-9-5-6-11(16)12(17)15-8-7-14(2,3)13(18)19/h11H,4-10H2,1-3H3,(H,15,17)(H,18,19). The lowest BCUT2D eigenvalue weighted by Crippen LogP contribution is -2.47. The fourth-order valence-corrected chi connectivity index (χ4v) is 4.18. The van der Waals surface area contributed by atoms with Crippen LogP contribution in [0.15, 0.2) is 0 Å². The van der Waals surface area contributed by atoms with Crippen molar-refractivity contribution in [3.8, 4) is 0 Å². The summed E-state index contributed by atoms with van der Waals surface area (Å²) in [6.45, 7) is 5.57. The molecular formula is C14H26N2O5S. The van der Waals surface area contributed by atoms with E-state index in [1.807, 2.05) is 0 Å². The van der Waals surface area contributed by atoms with E-state index in [1.54, 1.807) is 20.8 Å². The predicted octanol–water partition coefficient (Wildman–Crippen LogP) is 0.808. The number of hydrogen-bond donors (Lipinski definition) is 2. The number of hydrogen-bond acceptors (Lipinski definition) is 4. The average molecular weight is 334 g/mol. The normalized spacial score (nSPS) is 20.0. The molecule has 1 aliphatic rings. The van der Waals surface area contributed by atoms with Crippen molar-refractivity contribution in [1.29, 1.82) is 0 Å². The van der Waals surface area contributed by atoms with Crippen LogP contribution in [0.1, 0.15) is 46.5 Å². The summed E-state index contributed by atoms with van der Waals surface area (Å²) in [7, 11) is -3.39. The molecule has 2 N–H and O–H groups in total. The summed E-state index contributed by atoms with van der Waals surface area (Å²) in [6.07, 6.45) is 1.99. The van der Waals surface area contributed by atoms with E-state index in [4.69, 9.17) is 5.11 Å². The van der Waals surface area contributed by atoms with Crippen molar-refractivity contribution < 1.29 is 23.1 Å². The fraction of sp³-hybridized carbons (Fsp3) is 0.857. The van der Waals surface area contributed by atoms with Gasteiger partial charge in [0.25, 0.3) is 0 Å². The number of carboxylic acids is 1. The lowest BCUT2D eigenvalue weighted by molar-refractivity contribution is -0.147. The number of aliphatic carboxylic acids is 1. The molecule has 0 radical (unpaired) electrons. The number of sulfonamides is 1. The van der Waals surface area contributed by atoms with E-state index in [1.165, 1.54) is 4.31 Å². The molecule has 1 rings (SSSR count). The maximum Gasteiger partial charge on any atom is 0.309 e. The van der Waals surface area contributed by atoms with Crippen molar-refractivity contribution in [2.24, 2.45) is 5.41 Å². The van der Waals surface area contributed by atoms with Crippen LogP contribution < -0.4 is 5.32 Å². The molecule has 0 spiro atoms. The quantitative estimate of drug-likeness (QED) is 0.683. The molecule has 0 aromatic carbocycles. The minimum atomic E-state index is -3.39. The molecule has 1 fully saturated rings. The molecular weight excluding hydrogens is 308 g/mol. The van der Waals surface area contributed by atoms with E-state index in [0.29, 0.717) is 32.2 Å². The van der Waals surface area contributed by atoms with Gasteiger partial charge in [-0.2, -0.15) is 4.31 Å². The Balaban J connectivity index is 2.60. The molecule has 22 heavy (non-hydrogen) atoms. The van der Waals surface area contributed by atoms with Gasteiger partial charge in [-0.1, -0.05) is 6.92 Å². The van der Waals surface area contributed by atoms with Crippen molar-refractivity contribution in [1.82, 2.24) is 9.62 Å². The van der Waals surface area contributed by atoms with Crippen LogP contribution >= 0.6 is 0 Å². The second kappa shape index (κ2) is 7.41. The molecule has 0 bridgehead atoms. The lowest BCUT2D eigenvalue weighted by atomic mass is 9.90. The Morgan fingerprint density at radius 1 is 1.36 bits per heavy atom. The number of rotatable bonds is 8. The molecule has 1 saturated heterocycles. The highest BCUT2D eigenvalue weighted by Gasteiger charge is 2.38. The predicted molar refractivity (Wildman–Crippen MR) is 82.8 cm³/mol. The third-order valence-electron chi connectivity index (χ3n) is 3.95. The molecule has 1 aliphatic heterocycles. The van der Waals surface area contributed by atoms with Crippen LogP contribution in [0, 0.1) is 5.41 Å². The lowest BCUT2D eigenvalue weighted by Gasteiger charge is -2.24. The van der Waals surface area contributed by atoms with Gasteiger partial charge < -0.3 is 10.4 Å². The molecule has 1 amide bonds. The van der Waals surface area contributed by atoms with E-state index >= 15 is 0 Å². The molecule has 0 aliphatic carbocycles. The Labute approximate surface area is 132 Å². The number of nitrogens with one attached hydrogen (secondary N) is 1. The number of carbonyl (C=O) groups is 2. The van der Waals surface area contributed by atoms with Crippen molar-refractivity contribution in [3.63, 3.8) is 0 Å². The van der Waals surface area contributed by atoms with Gasteiger partial charge in [-0.15, -0.1) is 0 Å². The first-order chi connectivity index (χ1) is 10.1. The van der Waals surface area contributed by atoms with Crippen LogP contribution in [0.25, 0.3) is 0 Å². The summed E-state index contributed by atoms with van der Waals surface area (Å²) >= 11 is 0. The van der Waals surface area contributed by atoms with Gasteiger partial charge in [0, 0.05) is 13.1 Å². The van der Waals surface area contributed by atoms with Crippen molar-refractivity contribution in [2.45, 2.75) is 52.5 Å². The monoisotopic (exact) mass is 334 g/mol. The highest BCUT2D eigenvalue weighted by molar-refractivity contribution is 7.89. The van der Waals surface area contributed by atoms with Gasteiger partial charge in [-0.3, -0.25) is 9.59 Å². The van der Waals surface area contributed by atoms with Gasteiger partial charge in [0.1, 0.15) is 6.04 Å². The molecule has 1 heterocycles. The van der Waals surface area contributed by atoms with E-state index in [9.17, 15) is 18.0 Å². The molecule has 8 heteroatoms. The summed E-state index contributed by atoms with van der Waals surface area (Å²) in [5, 5.41) is 11.7. The first-order valence-electron chi connectivity index (χ1n) is 7.62. The van der Waals surface area contributed by atoms with Crippen molar-refractivity contribution >= 4 is 21.9 Å². The summed E-state index contributed by atoms with van der Waals surface area (Å²) < 4.78 is 25.6. The Bertz CT molecular complexity index is 515. The number of carboxylic acid groups (broad SMARTS) is 1. The molecule has 0 aromatic heterocycles. The molecule has 0 aromatic rings. The highest BCUT2D eigenvalue weighted by atomic mass is 32.2. The Morgan fingerprint density at radius 2 is 2.00 bits per heavy atom. The van der Waals surface area contributed by atoms with E-state index in [-0.39, 0.29) is 18.2 Å². The Hall–Kier alpha value is -1.15. The number of carbonyl (C=O) groups excluding carboxylic acids is 1.